The third kappa shape index (κ3) is 3.11. The second-order valence-electron chi connectivity index (χ2n) is 5.42. The molecule has 1 aromatic heterocycles. The van der Waals surface area contributed by atoms with Crippen molar-refractivity contribution in [1.82, 2.24) is 15.0 Å². The van der Waals surface area contributed by atoms with Gasteiger partial charge >= 0.3 is 0 Å². The van der Waals surface area contributed by atoms with E-state index in [9.17, 15) is 12.8 Å². The summed E-state index contributed by atoms with van der Waals surface area (Å²) in [6, 6.07) is 2.18. The fourth-order valence-corrected chi connectivity index (χ4v) is 2.77. The number of rotatable bonds is 5. The molecule has 1 aromatic carbocycles. The molecule has 2 aromatic rings. The highest BCUT2D eigenvalue weighted by atomic mass is 32.2. The van der Waals surface area contributed by atoms with Crippen molar-refractivity contribution in [3.63, 3.8) is 0 Å². The quantitative estimate of drug-likeness (QED) is 0.805. The lowest BCUT2D eigenvalue weighted by atomic mass is 10.3. The van der Waals surface area contributed by atoms with Crippen LogP contribution in [0.15, 0.2) is 21.7 Å². The zero-order valence-corrected chi connectivity index (χ0v) is 12.2. The van der Waals surface area contributed by atoms with Gasteiger partial charge in [0.1, 0.15) is 4.90 Å². The van der Waals surface area contributed by atoms with Gasteiger partial charge in [-0.3, -0.25) is 0 Å². The van der Waals surface area contributed by atoms with Crippen molar-refractivity contribution in [1.29, 1.82) is 0 Å². The van der Waals surface area contributed by atoms with E-state index in [4.69, 9.17) is 0 Å². The van der Waals surface area contributed by atoms with Crippen LogP contribution < -0.4 is 4.72 Å². The Hall–Kier alpha value is -1.58. The maximum atomic E-state index is 13.4. The van der Waals surface area contributed by atoms with E-state index in [-0.39, 0.29) is 22.5 Å². The number of nitrogens with one attached hydrogen (secondary N) is 1. The monoisotopic (exact) mass is 303 g/mol. The predicted molar refractivity (Wildman–Crippen MR) is 69.8 cm³/mol. The average molecular weight is 303 g/mol. The Balaban J connectivity index is 2.28. The van der Waals surface area contributed by atoms with Crippen LogP contribution in [0.5, 0.6) is 0 Å². The summed E-state index contributed by atoms with van der Waals surface area (Å²) in [5.74, 6) is -0.674. The van der Waals surface area contributed by atoms with Crippen molar-refractivity contribution in [2.75, 3.05) is 34.2 Å². The summed E-state index contributed by atoms with van der Waals surface area (Å²) in [6.07, 6.45) is 0. The highest BCUT2D eigenvalue weighted by molar-refractivity contribution is 7.89. The Morgan fingerprint density at radius 3 is 2.55 bits per heavy atom. The van der Waals surface area contributed by atoms with Crippen molar-refractivity contribution in [3.8, 4) is 0 Å². The van der Waals surface area contributed by atoms with E-state index in [1.165, 1.54) is 0 Å². The van der Waals surface area contributed by atoms with Gasteiger partial charge in [-0.1, -0.05) is 0 Å². The third-order valence-corrected chi connectivity index (χ3v) is 4.19. The Morgan fingerprint density at radius 2 is 1.90 bits per heavy atom. The fourth-order valence-electron chi connectivity index (χ4n) is 1.62. The number of sulfonamides is 1. The van der Waals surface area contributed by atoms with Crippen LogP contribution in [0, 0.1) is 5.82 Å². The van der Waals surface area contributed by atoms with E-state index >= 15 is 0 Å². The third-order valence-electron chi connectivity index (χ3n) is 2.69. The number of nitrogens with zero attached hydrogens (tertiary/aromatic N) is 3. The Labute approximate surface area is 116 Å². The summed E-state index contributed by atoms with van der Waals surface area (Å²) < 4.78 is 45.3. The lowest BCUT2D eigenvalue weighted by molar-refractivity contribution is -0.869. The summed E-state index contributed by atoms with van der Waals surface area (Å²) in [5.41, 5.74) is -0.303. The lowest BCUT2D eigenvalue weighted by Crippen LogP contribution is -2.41. The SMILES string of the molecule is C[N+](C)(C)CCNS(=O)(=O)c1ccc(F)c2nonc12. The van der Waals surface area contributed by atoms with Crippen LogP contribution >= 0.6 is 0 Å². The first-order valence-corrected chi connectivity index (χ1v) is 7.40. The summed E-state index contributed by atoms with van der Waals surface area (Å²) in [5, 5.41) is 6.81. The number of fused-ring (bicyclic) bond motifs is 1. The molecule has 9 heteroatoms. The van der Waals surface area contributed by atoms with E-state index in [2.05, 4.69) is 19.7 Å². The fraction of sp³-hybridized carbons (Fsp3) is 0.455. The molecule has 110 valence electrons. The minimum absolute atomic E-state index is 0.109. The van der Waals surface area contributed by atoms with Gasteiger partial charge in [-0.2, -0.15) is 0 Å². The molecule has 0 saturated carbocycles. The zero-order chi connectivity index (χ0) is 15.0. The second-order valence-corrected chi connectivity index (χ2v) is 7.15. The van der Waals surface area contributed by atoms with Crippen LogP contribution in [0.3, 0.4) is 0 Å². The molecule has 1 N–H and O–H groups in total. The highest BCUT2D eigenvalue weighted by Crippen LogP contribution is 2.22. The van der Waals surface area contributed by atoms with Gasteiger partial charge in [0, 0.05) is 0 Å². The number of likely N-dealkylation sites (N-methyl/N-ethyl adjacent to an activating group) is 1. The molecule has 2 rings (SSSR count). The van der Waals surface area contributed by atoms with Crippen LogP contribution in [0.4, 0.5) is 4.39 Å². The molecule has 0 aliphatic carbocycles. The van der Waals surface area contributed by atoms with E-state index in [1.807, 2.05) is 21.1 Å². The molecule has 0 unspecified atom stereocenters. The Kier molecular flexibility index (Phi) is 3.76. The van der Waals surface area contributed by atoms with Gasteiger partial charge < -0.3 is 4.48 Å². The molecule has 0 fully saturated rings. The van der Waals surface area contributed by atoms with Crippen molar-refractivity contribution in [3.05, 3.63) is 17.9 Å². The average Bonchev–Trinajstić information content (AvgIpc) is 2.76. The first-order valence-electron chi connectivity index (χ1n) is 5.92. The normalized spacial score (nSPS) is 13.0. The number of benzene rings is 1. The topological polar surface area (TPSA) is 85.1 Å². The van der Waals surface area contributed by atoms with Crippen LogP contribution in [-0.2, 0) is 10.0 Å². The van der Waals surface area contributed by atoms with Gasteiger partial charge in [0.05, 0.1) is 34.2 Å². The standard InChI is InChI=1S/C11H16FN4O3S/c1-16(2,3)7-6-13-20(17,18)9-5-4-8(12)10-11(9)15-19-14-10/h4-5,13H,6-7H2,1-3H3/q+1. The zero-order valence-electron chi connectivity index (χ0n) is 11.4. The van der Waals surface area contributed by atoms with Crippen LogP contribution in [0.25, 0.3) is 11.0 Å². The maximum absolute atomic E-state index is 13.4. The summed E-state index contributed by atoms with van der Waals surface area (Å²) in [6.45, 7) is 0.872. The largest absolute Gasteiger partial charge is 0.330 e. The molecule has 1 heterocycles. The molecule has 0 atom stereocenters. The molecule has 20 heavy (non-hydrogen) atoms. The molecule has 0 bridgehead atoms. The van der Waals surface area contributed by atoms with Crippen LogP contribution in [0.1, 0.15) is 0 Å². The number of hydrogen-bond acceptors (Lipinski definition) is 5. The van der Waals surface area contributed by atoms with E-state index in [1.54, 1.807) is 0 Å². The minimum Gasteiger partial charge on any atom is -0.330 e. The number of halogens is 1. The lowest BCUT2D eigenvalue weighted by Gasteiger charge is -2.23. The van der Waals surface area contributed by atoms with Gasteiger partial charge in [0.15, 0.2) is 16.9 Å². The number of quaternary nitrogens is 1. The molecule has 0 aliphatic rings. The van der Waals surface area contributed by atoms with Gasteiger partial charge in [-0.15, -0.1) is 0 Å². The van der Waals surface area contributed by atoms with Gasteiger partial charge in [-0.25, -0.2) is 22.2 Å². The maximum Gasteiger partial charge on any atom is 0.243 e. The van der Waals surface area contributed by atoms with Crippen molar-refractivity contribution < 1.29 is 21.9 Å². The van der Waals surface area contributed by atoms with E-state index in [0.29, 0.717) is 11.0 Å². The highest BCUT2D eigenvalue weighted by Gasteiger charge is 2.22. The summed E-state index contributed by atoms with van der Waals surface area (Å²) in [4.78, 5) is -0.142. The van der Waals surface area contributed by atoms with Gasteiger partial charge in [0.25, 0.3) is 0 Å². The molecule has 0 radical (unpaired) electrons. The van der Waals surface area contributed by atoms with Crippen molar-refractivity contribution >= 4 is 21.1 Å². The molecular formula is C11H16FN4O3S+. The molecule has 0 amide bonds. The second kappa shape index (κ2) is 5.08. The van der Waals surface area contributed by atoms with Crippen LogP contribution in [-0.4, -0.2) is 57.4 Å². The molecule has 0 aliphatic heterocycles. The van der Waals surface area contributed by atoms with Gasteiger partial charge in [0.2, 0.25) is 10.0 Å². The smallest absolute Gasteiger partial charge is 0.243 e. The first kappa shape index (κ1) is 14.8. The predicted octanol–water partition coefficient (Wildman–Crippen LogP) is 0.346. The minimum atomic E-state index is -3.79. The number of hydrogen-bond donors (Lipinski definition) is 1. The van der Waals surface area contributed by atoms with Gasteiger partial charge in [-0.05, 0) is 22.4 Å². The molecular weight excluding hydrogens is 287 g/mol. The number of aromatic nitrogens is 2. The summed E-state index contributed by atoms with van der Waals surface area (Å²) >= 11 is 0. The molecule has 0 spiro atoms. The Morgan fingerprint density at radius 1 is 1.25 bits per heavy atom. The molecule has 7 nitrogen and oxygen atoms in total. The summed E-state index contributed by atoms with van der Waals surface area (Å²) in [7, 11) is 2.07. The van der Waals surface area contributed by atoms with Crippen molar-refractivity contribution in [2.24, 2.45) is 0 Å². The Bertz CT molecular complexity index is 721. The van der Waals surface area contributed by atoms with E-state index < -0.39 is 15.8 Å². The van der Waals surface area contributed by atoms with Crippen LogP contribution in [0.2, 0.25) is 0 Å². The van der Waals surface area contributed by atoms with Crippen molar-refractivity contribution in [2.45, 2.75) is 4.90 Å². The molecule has 0 saturated heterocycles. The van der Waals surface area contributed by atoms with E-state index in [0.717, 1.165) is 12.1 Å². The first-order chi connectivity index (χ1) is 9.21.